The van der Waals surface area contributed by atoms with Gasteiger partial charge in [0.1, 0.15) is 5.82 Å². The third kappa shape index (κ3) is 3.14. The molecule has 0 aliphatic rings. The summed E-state index contributed by atoms with van der Waals surface area (Å²) in [7, 11) is 1.71. The fourth-order valence-electron chi connectivity index (χ4n) is 1.95. The first kappa shape index (κ1) is 13.6. The van der Waals surface area contributed by atoms with Crippen LogP contribution in [0.2, 0.25) is 0 Å². The number of imidazole rings is 1. The molecule has 2 heterocycles. The molecule has 2 rings (SSSR count). The second-order valence-corrected chi connectivity index (χ2v) is 4.37. The van der Waals surface area contributed by atoms with Crippen LogP contribution in [0.1, 0.15) is 20.3 Å². The Balaban J connectivity index is 2.31. The van der Waals surface area contributed by atoms with E-state index in [1.807, 2.05) is 23.7 Å². The molecule has 0 aliphatic heterocycles. The molecule has 0 aromatic carbocycles. The Hall–Kier alpha value is -1.82. The molecule has 19 heavy (non-hydrogen) atoms. The fraction of sp³-hybridized carbons (Fsp3) is 0.538. The molecule has 6 heteroatoms. The molecule has 0 bridgehead atoms. The summed E-state index contributed by atoms with van der Waals surface area (Å²) in [5, 5.41) is 6.62. The van der Waals surface area contributed by atoms with Crippen molar-refractivity contribution in [2.24, 2.45) is 0 Å². The Labute approximate surface area is 113 Å². The smallest absolute Gasteiger partial charge is 0.180 e. The van der Waals surface area contributed by atoms with Crippen molar-refractivity contribution < 1.29 is 4.74 Å². The molecule has 0 aliphatic carbocycles. The van der Waals surface area contributed by atoms with Gasteiger partial charge < -0.3 is 19.8 Å². The lowest BCUT2D eigenvalue weighted by atomic mass is 10.2. The molecule has 104 valence electrons. The van der Waals surface area contributed by atoms with Gasteiger partial charge in [-0.1, -0.05) is 6.92 Å². The first-order valence-corrected chi connectivity index (χ1v) is 6.61. The number of aromatic nitrogens is 3. The Morgan fingerprint density at radius 1 is 1.42 bits per heavy atom. The van der Waals surface area contributed by atoms with Gasteiger partial charge in [-0.2, -0.15) is 0 Å². The lowest BCUT2D eigenvalue weighted by molar-refractivity contribution is 0.184. The fourth-order valence-corrected chi connectivity index (χ4v) is 1.95. The highest BCUT2D eigenvalue weighted by Crippen LogP contribution is 2.17. The Morgan fingerprint density at radius 2 is 2.26 bits per heavy atom. The zero-order valence-corrected chi connectivity index (χ0v) is 11.7. The number of hydrogen-bond acceptors (Lipinski definition) is 5. The molecule has 0 spiro atoms. The highest BCUT2D eigenvalue weighted by molar-refractivity contribution is 5.65. The molecule has 1 atom stereocenters. The van der Waals surface area contributed by atoms with Crippen molar-refractivity contribution in [1.29, 1.82) is 0 Å². The van der Waals surface area contributed by atoms with Crippen LogP contribution in [-0.4, -0.2) is 40.7 Å². The van der Waals surface area contributed by atoms with E-state index in [-0.39, 0.29) is 6.04 Å². The van der Waals surface area contributed by atoms with Crippen molar-refractivity contribution in [1.82, 2.24) is 14.4 Å². The van der Waals surface area contributed by atoms with Crippen molar-refractivity contribution in [3.05, 3.63) is 18.6 Å². The number of fused-ring (bicyclic) bond motifs is 1. The molecular formula is C13H21N5O. The van der Waals surface area contributed by atoms with Gasteiger partial charge in [-0.3, -0.25) is 0 Å². The van der Waals surface area contributed by atoms with Gasteiger partial charge in [-0.25, -0.2) is 9.97 Å². The number of methoxy groups -OCH3 is 1. The van der Waals surface area contributed by atoms with E-state index in [1.165, 1.54) is 0 Å². The van der Waals surface area contributed by atoms with E-state index in [0.29, 0.717) is 6.61 Å². The summed E-state index contributed by atoms with van der Waals surface area (Å²) in [4.78, 5) is 8.91. The Kier molecular flexibility index (Phi) is 4.57. The molecule has 1 unspecified atom stereocenters. The van der Waals surface area contributed by atoms with Crippen LogP contribution in [0, 0.1) is 0 Å². The van der Waals surface area contributed by atoms with Crippen LogP contribution in [0.15, 0.2) is 18.6 Å². The number of nitrogens with one attached hydrogen (secondary N) is 2. The maximum atomic E-state index is 5.21. The zero-order valence-electron chi connectivity index (χ0n) is 11.7. The summed E-state index contributed by atoms with van der Waals surface area (Å²) in [5.74, 6) is 1.62. The lowest BCUT2D eigenvalue weighted by Crippen LogP contribution is -2.25. The molecule has 0 amide bonds. The number of nitrogens with zero attached hydrogens (tertiary/aromatic N) is 3. The molecule has 0 saturated carbocycles. The van der Waals surface area contributed by atoms with Gasteiger partial charge in [-0.15, -0.1) is 0 Å². The molecular weight excluding hydrogens is 242 g/mol. The highest BCUT2D eigenvalue weighted by Gasteiger charge is 2.12. The molecule has 2 N–H and O–H groups in total. The quantitative estimate of drug-likeness (QED) is 0.800. The van der Waals surface area contributed by atoms with Crippen molar-refractivity contribution in [3.8, 4) is 0 Å². The standard InChI is InChI=1S/C13H21N5O/c1-4-10(9-19-3)16-12-13-15-6-7-18(13)8-11(17-12)14-5-2/h6-8,10,14H,4-5,9H2,1-3H3,(H,16,17). The van der Waals surface area contributed by atoms with E-state index in [9.17, 15) is 0 Å². The zero-order chi connectivity index (χ0) is 13.7. The topological polar surface area (TPSA) is 63.5 Å². The first-order chi connectivity index (χ1) is 9.28. The molecule has 6 nitrogen and oxygen atoms in total. The average molecular weight is 263 g/mol. The number of rotatable bonds is 7. The van der Waals surface area contributed by atoms with Crippen LogP contribution in [0.5, 0.6) is 0 Å². The largest absolute Gasteiger partial charge is 0.383 e. The van der Waals surface area contributed by atoms with Gasteiger partial charge in [0.05, 0.1) is 18.8 Å². The normalized spacial score (nSPS) is 12.6. The minimum absolute atomic E-state index is 0.231. The average Bonchev–Trinajstić information content (AvgIpc) is 2.87. The molecule has 2 aromatic rings. The van der Waals surface area contributed by atoms with Crippen LogP contribution < -0.4 is 10.6 Å². The molecule has 0 saturated heterocycles. The third-order valence-electron chi connectivity index (χ3n) is 2.93. The first-order valence-electron chi connectivity index (χ1n) is 6.61. The summed E-state index contributed by atoms with van der Waals surface area (Å²) < 4.78 is 7.17. The van der Waals surface area contributed by atoms with Gasteiger partial charge in [0, 0.05) is 26.0 Å². The maximum absolute atomic E-state index is 5.21. The van der Waals surface area contributed by atoms with E-state index >= 15 is 0 Å². The summed E-state index contributed by atoms with van der Waals surface area (Å²) >= 11 is 0. The second kappa shape index (κ2) is 6.38. The van der Waals surface area contributed by atoms with Crippen molar-refractivity contribution in [3.63, 3.8) is 0 Å². The van der Waals surface area contributed by atoms with Gasteiger partial charge >= 0.3 is 0 Å². The predicted molar refractivity (Wildman–Crippen MR) is 76.7 cm³/mol. The predicted octanol–water partition coefficient (Wildman–Crippen LogP) is 2.00. The number of ether oxygens (including phenoxy) is 1. The van der Waals surface area contributed by atoms with Crippen molar-refractivity contribution >= 4 is 17.3 Å². The van der Waals surface area contributed by atoms with Crippen LogP contribution in [-0.2, 0) is 4.74 Å². The van der Waals surface area contributed by atoms with E-state index in [2.05, 4.69) is 27.5 Å². The van der Waals surface area contributed by atoms with E-state index in [1.54, 1.807) is 13.3 Å². The summed E-state index contributed by atoms with van der Waals surface area (Å²) in [6.07, 6.45) is 6.59. The van der Waals surface area contributed by atoms with Crippen LogP contribution >= 0.6 is 0 Å². The van der Waals surface area contributed by atoms with Gasteiger partial charge in [0.2, 0.25) is 0 Å². The maximum Gasteiger partial charge on any atom is 0.180 e. The Morgan fingerprint density at radius 3 is 2.95 bits per heavy atom. The van der Waals surface area contributed by atoms with Gasteiger partial charge in [-0.05, 0) is 13.3 Å². The summed E-state index contributed by atoms with van der Waals surface area (Å²) in [6, 6.07) is 0.231. The van der Waals surface area contributed by atoms with Crippen LogP contribution in [0.4, 0.5) is 11.6 Å². The molecule has 0 fully saturated rings. The third-order valence-corrected chi connectivity index (χ3v) is 2.93. The van der Waals surface area contributed by atoms with Gasteiger partial charge in [0.15, 0.2) is 11.5 Å². The monoisotopic (exact) mass is 263 g/mol. The van der Waals surface area contributed by atoms with E-state index in [0.717, 1.165) is 30.2 Å². The summed E-state index contributed by atoms with van der Waals surface area (Å²) in [5.41, 5.74) is 0.830. The van der Waals surface area contributed by atoms with E-state index in [4.69, 9.17) is 4.74 Å². The van der Waals surface area contributed by atoms with Crippen LogP contribution in [0.25, 0.3) is 5.65 Å². The highest BCUT2D eigenvalue weighted by atomic mass is 16.5. The minimum Gasteiger partial charge on any atom is -0.383 e. The minimum atomic E-state index is 0.231. The molecule has 0 radical (unpaired) electrons. The van der Waals surface area contributed by atoms with Crippen molar-refractivity contribution in [2.75, 3.05) is 30.9 Å². The van der Waals surface area contributed by atoms with Crippen LogP contribution in [0.3, 0.4) is 0 Å². The van der Waals surface area contributed by atoms with Gasteiger partial charge in [0.25, 0.3) is 0 Å². The Bertz CT molecular complexity index is 525. The van der Waals surface area contributed by atoms with E-state index < -0.39 is 0 Å². The SMILES string of the molecule is CCNc1cn2ccnc2c(NC(CC)COC)n1. The number of anilines is 2. The second-order valence-electron chi connectivity index (χ2n) is 4.37. The number of hydrogen-bond donors (Lipinski definition) is 2. The lowest BCUT2D eigenvalue weighted by Gasteiger charge is -2.17. The summed E-state index contributed by atoms with van der Waals surface area (Å²) in [6.45, 7) is 5.65. The molecule has 2 aromatic heterocycles. The van der Waals surface area contributed by atoms with Crippen molar-refractivity contribution in [2.45, 2.75) is 26.3 Å².